The lowest BCUT2D eigenvalue weighted by atomic mass is 10.2. The zero-order valence-corrected chi connectivity index (χ0v) is 13.0. The summed E-state index contributed by atoms with van der Waals surface area (Å²) in [6, 6.07) is 7.27. The molecular weight excluding hydrogens is 278 g/mol. The number of phenolic OH excluding ortho intramolecular Hbond substituents is 1. The van der Waals surface area contributed by atoms with Gasteiger partial charge in [0.25, 0.3) is 0 Å². The van der Waals surface area contributed by atoms with E-state index in [9.17, 15) is 9.90 Å². The number of ether oxygens (including phenoxy) is 1. The summed E-state index contributed by atoms with van der Waals surface area (Å²) in [4.78, 5) is 11.2. The number of hydrogen-bond acceptors (Lipinski definition) is 3. The molecule has 0 saturated carbocycles. The van der Waals surface area contributed by atoms with Gasteiger partial charge in [-0.1, -0.05) is 18.7 Å². The van der Waals surface area contributed by atoms with E-state index in [-0.39, 0.29) is 24.1 Å². The van der Waals surface area contributed by atoms with Gasteiger partial charge in [-0.15, -0.1) is 0 Å². The Morgan fingerprint density at radius 2 is 1.95 bits per heavy atom. The van der Waals surface area contributed by atoms with E-state index in [4.69, 9.17) is 4.74 Å². The van der Waals surface area contributed by atoms with E-state index in [1.54, 1.807) is 19.1 Å². The van der Waals surface area contributed by atoms with Crippen molar-refractivity contribution in [1.29, 1.82) is 0 Å². The molecule has 5 heteroatoms. The maximum Gasteiger partial charge on any atom is 0.333 e. The number of benzene rings is 1. The molecule has 1 aromatic carbocycles. The van der Waals surface area contributed by atoms with Crippen LogP contribution in [0.25, 0.3) is 0 Å². The fraction of sp³-hybridized carbons (Fsp3) is 0.400. The van der Waals surface area contributed by atoms with Crippen molar-refractivity contribution in [2.75, 3.05) is 27.2 Å². The molecule has 0 aliphatic rings. The van der Waals surface area contributed by atoms with E-state index < -0.39 is 0 Å². The number of phenols is 1. The van der Waals surface area contributed by atoms with Crippen LogP contribution in [0.15, 0.2) is 36.4 Å². The lowest BCUT2D eigenvalue weighted by Crippen LogP contribution is -3.00. The van der Waals surface area contributed by atoms with Gasteiger partial charge in [0.1, 0.15) is 0 Å². The Morgan fingerprint density at radius 3 is 2.50 bits per heavy atom. The third-order valence-electron chi connectivity index (χ3n) is 2.98. The predicted octanol–water partition coefficient (Wildman–Crippen LogP) is -0.527. The first-order valence-corrected chi connectivity index (χ1v) is 6.29. The highest BCUT2D eigenvalue weighted by Crippen LogP contribution is 2.29. The highest BCUT2D eigenvalue weighted by atomic mass is 35.5. The number of quaternary nitrogens is 1. The first-order valence-electron chi connectivity index (χ1n) is 6.29. The number of hydrogen-bond donors (Lipinski definition) is 1. The van der Waals surface area contributed by atoms with Crippen molar-refractivity contribution in [1.82, 2.24) is 4.48 Å². The molecule has 1 rings (SSSR count). The molecule has 0 fully saturated rings. The molecule has 1 N–H and O–H groups in total. The minimum atomic E-state index is -0.354. The summed E-state index contributed by atoms with van der Waals surface area (Å²) in [5, 5.41) is 9.85. The molecule has 20 heavy (non-hydrogen) atoms. The Hall–Kier alpha value is -1.52. The van der Waals surface area contributed by atoms with E-state index >= 15 is 0 Å². The average molecular weight is 300 g/mol. The van der Waals surface area contributed by atoms with Crippen LogP contribution in [0, 0.1) is 0 Å². The quantitative estimate of drug-likeness (QED) is 0.333. The van der Waals surface area contributed by atoms with Crippen LogP contribution in [0.4, 0.5) is 5.69 Å². The number of para-hydroxylation sites is 2. The molecule has 1 aromatic rings. The number of nitrogens with zero attached hydrogens (tertiary/aromatic N) is 1. The van der Waals surface area contributed by atoms with Gasteiger partial charge in [-0.05, 0) is 13.0 Å². The summed E-state index contributed by atoms with van der Waals surface area (Å²) in [6.07, 6.45) is 0.723. The summed E-state index contributed by atoms with van der Waals surface area (Å²) in [7, 11) is 4.02. The molecule has 0 aliphatic heterocycles. The van der Waals surface area contributed by atoms with E-state index in [1.165, 1.54) is 0 Å². The first kappa shape index (κ1) is 18.5. The fourth-order valence-electron chi connectivity index (χ4n) is 1.84. The average Bonchev–Trinajstić information content (AvgIpc) is 2.34. The normalized spacial score (nSPS) is 10.6. The Kier molecular flexibility index (Phi) is 7.32. The molecule has 4 nitrogen and oxygen atoms in total. The molecule has 0 heterocycles. The fourth-order valence-corrected chi connectivity index (χ4v) is 1.84. The van der Waals surface area contributed by atoms with Crippen LogP contribution in [0.1, 0.15) is 13.3 Å². The van der Waals surface area contributed by atoms with Gasteiger partial charge in [0, 0.05) is 18.1 Å². The summed E-state index contributed by atoms with van der Waals surface area (Å²) in [5.41, 5.74) is 1.27. The van der Waals surface area contributed by atoms with E-state index in [1.807, 2.05) is 26.2 Å². The van der Waals surface area contributed by atoms with Crippen LogP contribution in [-0.4, -0.2) is 38.3 Å². The molecule has 0 unspecified atom stereocenters. The minimum Gasteiger partial charge on any atom is -1.00 e. The Morgan fingerprint density at radius 1 is 1.35 bits per heavy atom. The van der Waals surface area contributed by atoms with Crippen molar-refractivity contribution < 1.29 is 27.0 Å². The third kappa shape index (κ3) is 5.23. The molecule has 0 bridgehead atoms. The highest BCUT2D eigenvalue weighted by molar-refractivity contribution is 5.86. The van der Waals surface area contributed by atoms with Gasteiger partial charge >= 0.3 is 5.97 Å². The molecule has 112 valence electrons. The number of rotatable bonds is 6. The van der Waals surface area contributed by atoms with Crippen molar-refractivity contribution >= 4 is 11.7 Å². The highest BCUT2D eigenvalue weighted by Gasteiger charge is 2.22. The summed E-state index contributed by atoms with van der Waals surface area (Å²) in [6.45, 7) is 6.29. The SMILES string of the molecule is C=C(C)C(=O)OCCC[N+](C)(C)c1ccccc1O.[Cl-]. The lowest BCUT2D eigenvalue weighted by Gasteiger charge is -2.29. The molecule has 0 spiro atoms. The Balaban J connectivity index is 0.00000361. The van der Waals surface area contributed by atoms with Crippen LogP contribution in [0.2, 0.25) is 0 Å². The third-order valence-corrected chi connectivity index (χ3v) is 2.98. The topological polar surface area (TPSA) is 46.5 Å². The van der Waals surface area contributed by atoms with Crippen LogP contribution in [0.5, 0.6) is 5.75 Å². The van der Waals surface area contributed by atoms with Gasteiger partial charge in [0.2, 0.25) is 0 Å². The second-order valence-corrected chi connectivity index (χ2v) is 5.17. The van der Waals surface area contributed by atoms with Crippen molar-refractivity contribution in [2.45, 2.75) is 13.3 Å². The van der Waals surface area contributed by atoms with E-state index in [2.05, 4.69) is 6.58 Å². The van der Waals surface area contributed by atoms with Crippen molar-refractivity contribution in [2.24, 2.45) is 0 Å². The second-order valence-electron chi connectivity index (χ2n) is 5.17. The van der Waals surface area contributed by atoms with Crippen LogP contribution in [-0.2, 0) is 9.53 Å². The first-order chi connectivity index (χ1) is 8.84. The molecule has 0 amide bonds. The minimum absolute atomic E-state index is 0. The van der Waals surface area contributed by atoms with Gasteiger partial charge < -0.3 is 22.3 Å². The predicted molar refractivity (Wildman–Crippen MR) is 77.0 cm³/mol. The van der Waals surface area contributed by atoms with Crippen molar-refractivity contribution in [3.63, 3.8) is 0 Å². The largest absolute Gasteiger partial charge is 1.00 e. The molecular formula is C15H22ClNO3. The number of esters is 1. The Labute approximate surface area is 126 Å². The van der Waals surface area contributed by atoms with Crippen molar-refractivity contribution in [3.8, 4) is 5.75 Å². The lowest BCUT2D eigenvalue weighted by molar-refractivity contribution is -0.139. The van der Waals surface area contributed by atoms with Gasteiger partial charge in [-0.3, -0.25) is 4.48 Å². The summed E-state index contributed by atoms with van der Waals surface area (Å²) < 4.78 is 5.59. The van der Waals surface area contributed by atoms with Gasteiger partial charge in [-0.25, -0.2) is 4.79 Å². The van der Waals surface area contributed by atoms with Crippen LogP contribution in [0.3, 0.4) is 0 Å². The van der Waals surface area contributed by atoms with Gasteiger partial charge in [0.15, 0.2) is 11.4 Å². The van der Waals surface area contributed by atoms with Crippen LogP contribution < -0.4 is 16.9 Å². The van der Waals surface area contributed by atoms with E-state index in [0.29, 0.717) is 16.7 Å². The summed E-state index contributed by atoms with van der Waals surface area (Å²) in [5.74, 6) is -0.0701. The second kappa shape index (κ2) is 7.92. The molecule has 0 radical (unpaired) electrons. The zero-order chi connectivity index (χ0) is 14.5. The van der Waals surface area contributed by atoms with Gasteiger partial charge in [-0.2, -0.15) is 0 Å². The zero-order valence-electron chi connectivity index (χ0n) is 12.2. The standard InChI is InChI=1S/C15H21NO3.ClH/c1-12(2)15(18)19-11-7-10-16(3,4)13-8-5-6-9-14(13)17;/h5-6,8-9H,1,7,10-11H2,2-4H3;1H. The van der Waals surface area contributed by atoms with E-state index in [0.717, 1.165) is 18.7 Å². The number of aromatic hydroxyl groups is 1. The number of carbonyl (C=O) groups is 1. The molecule has 0 aliphatic carbocycles. The van der Waals surface area contributed by atoms with Gasteiger partial charge in [0.05, 0.1) is 27.2 Å². The maximum atomic E-state index is 11.2. The molecule has 0 atom stereocenters. The number of carbonyl (C=O) groups excluding carboxylic acids is 1. The van der Waals surface area contributed by atoms with Crippen LogP contribution >= 0.6 is 0 Å². The maximum absolute atomic E-state index is 11.2. The smallest absolute Gasteiger partial charge is 0.333 e. The molecule has 0 aromatic heterocycles. The monoisotopic (exact) mass is 299 g/mol. The molecule has 0 saturated heterocycles. The number of halogens is 1. The van der Waals surface area contributed by atoms with Crippen molar-refractivity contribution in [3.05, 3.63) is 36.4 Å². The summed E-state index contributed by atoms with van der Waals surface area (Å²) >= 11 is 0. The Bertz CT molecular complexity index is 472.